The van der Waals surface area contributed by atoms with Crippen molar-refractivity contribution >= 4 is 26.6 Å². The van der Waals surface area contributed by atoms with Gasteiger partial charge in [0.1, 0.15) is 5.75 Å². The number of aromatic amines is 1. The lowest BCUT2D eigenvalue weighted by molar-refractivity contribution is -0.384. The highest BCUT2D eigenvalue weighted by atomic mass is 32.2. The zero-order valence-electron chi connectivity index (χ0n) is 16.5. The Morgan fingerprint density at radius 1 is 1.00 bits per heavy atom. The number of ether oxygens (including phenoxy) is 1. The number of methoxy groups -OCH3 is 1. The molecule has 8 nitrogen and oxygen atoms in total. The second-order valence-corrected chi connectivity index (χ2v) is 8.58. The van der Waals surface area contributed by atoms with Crippen molar-refractivity contribution in [3.8, 4) is 5.75 Å². The number of nitro groups is 1. The third-order valence-electron chi connectivity index (χ3n) is 5.01. The van der Waals surface area contributed by atoms with E-state index < -0.39 is 21.0 Å². The molecule has 2 N–H and O–H groups in total. The minimum Gasteiger partial charge on any atom is -0.497 e. The maximum atomic E-state index is 13.1. The van der Waals surface area contributed by atoms with E-state index in [1.807, 2.05) is 24.3 Å². The smallest absolute Gasteiger partial charge is 0.269 e. The first-order valence-electron chi connectivity index (χ1n) is 9.36. The molecule has 0 aliphatic heterocycles. The molecule has 0 radical (unpaired) electrons. The molecule has 9 heteroatoms. The van der Waals surface area contributed by atoms with Gasteiger partial charge in [-0.3, -0.25) is 10.1 Å². The first-order valence-corrected chi connectivity index (χ1v) is 10.8. The van der Waals surface area contributed by atoms with Gasteiger partial charge in [0.05, 0.1) is 23.0 Å². The molecule has 0 spiro atoms. The van der Waals surface area contributed by atoms with Crippen molar-refractivity contribution in [2.24, 2.45) is 0 Å². The minimum atomic E-state index is -3.98. The largest absolute Gasteiger partial charge is 0.497 e. The lowest BCUT2D eigenvalue weighted by atomic mass is 9.99. The van der Waals surface area contributed by atoms with Crippen LogP contribution in [0, 0.1) is 10.1 Å². The Labute approximate surface area is 178 Å². The standard InChI is InChI=1S/C22H19N3O5S/c1-30-17-10-6-15(7-11-17)22(20-14-23-21-5-3-2-4-19(20)21)24-31(28,29)18-12-8-16(9-13-18)25(26)27/h2-14,22-24H,1H3/t22-/m1/s1. The van der Waals surface area contributed by atoms with Gasteiger partial charge >= 0.3 is 0 Å². The summed E-state index contributed by atoms with van der Waals surface area (Å²) in [5.41, 5.74) is 2.18. The number of rotatable bonds is 7. The Morgan fingerprint density at radius 2 is 1.68 bits per heavy atom. The van der Waals surface area contributed by atoms with Crippen LogP contribution in [0.3, 0.4) is 0 Å². The number of hydrogen-bond donors (Lipinski definition) is 2. The molecule has 0 bridgehead atoms. The number of nitro benzene ring substituents is 1. The van der Waals surface area contributed by atoms with Crippen LogP contribution in [0.4, 0.5) is 5.69 Å². The van der Waals surface area contributed by atoms with Gasteiger partial charge in [0, 0.05) is 29.2 Å². The first kappa shape index (κ1) is 20.6. The fraction of sp³-hybridized carbons (Fsp3) is 0.0909. The molecular formula is C22H19N3O5S. The topological polar surface area (TPSA) is 114 Å². The van der Waals surface area contributed by atoms with E-state index in [1.54, 1.807) is 37.6 Å². The van der Waals surface area contributed by atoms with Gasteiger partial charge in [0.15, 0.2) is 0 Å². The Kier molecular flexibility index (Phi) is 5.45. The zero-order chi connectivity index (χ0) is 22.0. The number of nitrogens with one attached hydrogen (secondary N) is 2. The number of non-ortho nitro benzene ring substituents is 1. The van der Waals surface area contributed by atoms with E-state index in [1.165, 1.54) is 24.3 Å². The molecule has 0 aliphatic carbocycles. The molecule has 31 heavy (non-hydrogen) atoms. The molecular weight excluding hydrogens is 418 g/mol. The van der Waals surface area contributed by atoms with Crippen molar-refractivity contribution in [2.75, 3.05) is 7.11 Å². The minimum absolute atomic E-state index is 0.0588. The van der Waals surface area contributed by atoms with Crippen LogP contribution >= 0.6 is 0 Å². The summed E-state index contributed by atoms with van der Waals surface area (Å²) in [7, 11) is -2.42. The summed E-state index contributed by atoms with van der Waals surface area (Å²) < 4.78 is 34.2. The maximum absolute atomic E-state index is 13.1. The lowest BCUT2D eigenvalue weighted by Crippen LogP contribution is -2.29. The van der Waals surface area contributed by atoms with Gasteiger partial charge in [0.2, 0.25) is 10.0 Å². The predicted octanol–water partition coefficient (Wildman–Crippen LogP) is 4.15. The van der Waals surface area contributed by atoms with Crippen molar-refractivity contribution in [3.05, 3.63) is 100 Å². The van der Waals surface area contributed by atoms with Crippen LogP contribution in [0.5, 0.6) is 5.75 Å². The van der Waals surface area contributed by atoms with E-state index in [0.29, 0.717) is 5.75 Å². The number of sulfonamides is 1. The number of aromatic nitrogens is 1. The highest BCUT2D eigenvalue weighted by molar-refractivity contribution is 7.89. The number of hydrogen-bond acceptors (Lipinski definition) is 5. The van der Waals surface area contributed by atoms with Gasteiger partial charge in [0.25, 0.3) is 5.69 Å². The summed E-state index contributed by atoms with van der Waals surface area (Å²) in [5, 5.41) is 11.8. The molecule has 0 amide bonds. The van der Waals surface area contributed by atoms with E-state index in [9.17, 15) is 18.5 Å². The zero-order valence-corrected chi connectivity index (χ0v) is 17.3. The maximum Gasteiger partial charge on any atom is 0.269 e. The van der Waals surface area contributed by atoms with Gasteiger partial charge in [-0.2, -0.15) is 4.72 Å². The van der Waals surface area contributed by atoms with E-state index in [-0.39, 0.29) is 10.6 Å². The Hall–Kier alpha value is -3.69. The Bertz CT molecular complexity index is 1330. The summed E-state index contributed by atoms with van der Waals surface area (Å²) in [5.74, 6) is 0.652. The van der Waals surface area contributed by atoms with Gasteiger partial charge in [-0.25, -0.2) is 8.42 Å². The molecule has 0 saturated heterocycles. The molecule has 1 atom stereocenters. The molecule has 4 aromatic rings. The second kappa shape index (κ2) is 8.21. The van der Waals surface area contributed by atoms with Gasteiger partial charge in [-0.1, -0.05) is 30.3 Å². The van der Waals surface area contributed by atoms with Crippen molar-refractivity contribution in [1.29, 1.82) is 0 Å². The van der Waals surface area contributed by atoms with Crippen LogP contribution in [0.1, 0.15) is 17.2 Å². The fourth-order valence-electron chi connectivity index (χ4n) is 3.41. The summed E-state index contributed by atoms with van der Waals surface area (Å²) in [4.78, 5) is 13.4. The van der Waals surface area contributed by atoms with Crippen LogP contribution in [0.15, 0.2) is 83.9 Å². The number of benzene rings is 3. The SMILES string of the molecule is COc1ccc([C@@H](NS(=O)(=O)c2ccc([N+](=O)[O-])cc2)c2c[nH]c3ccccc23)cc1. The average molecular weight is 437 g/mol. The second-order valence-electron chi connectivity index (χ2n) is 6.87. The number of H-pyrrole nitrogens is 1. The van der Waals surface area contributed by atoms with E-state index >= 15 is 0 Å². The quantitative estimate of drug-likeness (QED) is 0.333. The van der Waals surface area contributed by atoms with E-state index in [2.05, 4.69) is 9.71 Å². The third kappa shape index (κ3) is 4.14. The van der Waals surface area contributed by atoms with Crippen molar-refractivity contribution in [3.63, 3.8) is 0 Å². The van der Waals surface area contributed by atoms with E-state index in [4.69, 9.17) is 4.74 Å². The number of nitrogens with zero attached hydrogens (tertiary/aromatic N) is 1. The molecule has 1 heterocycles. The number of para-hydroxylation sites is 1. The molecule has 0 saturated carbocycles. The van der Waals surface area contributed by atoms with Gasteiger partial charge < -0.3 is 9.72 Å². The van der Waals surface area contributed by atoms with E-state index in [0.717, 1.165) is 22.0 Å². The first-order chi connectivity index (χ1) is 14.9. The average Bonchev–Trinajstić information content (AvgIpc) is 3.22. The molecule has 1 aromatic heterocycles. The van der Waals surface area contributed by atoms with Crippen molar-refractivity contribution < 1.29 is 18.1 Å². The monoisotopic (exact) mass is 437 g/mol. The summed E-state index contributed by atoms with van der Waals surface area (Å²) in [6.07, 6.45) is 1.78. The predicted molar refractivity (Wildman–Crippen MR) is 117 cm³/mol. The van der Waals surface area contributed by atoms with Crippen molar-refractivity contribution in [2.45, 2.75) is 10.9 Å². The third-order valence-corrected chi connectivity index (χ3v) is 6.45. The van der Waals surface area contributed by atoms with Crippen LogP contribution in [-0.4, -0.2) is 25.4 Å². The number of fused-ring (bicyclic) bond motifs is 1. The molecule has 0 fully saturated rings. The van der Waals surface area contributed by atoms with Gasteiger partial charge in [-0.05, 0) is 41.5 Å². The van der Waals surface area contributed by atoms with Crippen LogP contribution in [0.25, 0.3) is 10.9 Å². The molecule has 0 aliphatic rings. The summed E-state index contributed by atoms with van der Waals surface area (Å²) >= 11 is 0. The Morgan fingerprint density at radius 3 is 2.32 bits per heavy atom. The van der Waals surface area contributed by atoms with Crippen LogP contribution in [0.2, 0.25) is 0 Å². The highest BCUT2D eigenvalue weighted by Gasteiger charge is 2.25. The molecule has 3 aromatic carbocycles. The van der Waals surface area contributed by atoms with Crippen LogP contribution in [-0.2, 0) is 10.0 Å². The molecule has 0 unspecified atom stereocenters. The molecule has 4 rings (SSSR count). The Balaban J connectivity index is 1.77. The van der Waals surface area contributed by atoms with Crippen LogP contribution < -0.4 is 9.46 Å². The lowest BCUT2D eigenvalue weighted by Gasteiger charge is -2.19. The molecule has 158 valence electrons. The van der Waals surface area contributed by atoms with Crippen molar-refractivity contribution in [1.82, 2.24) is 9.71 Å². The fourth-order valence-corrected chi connectivity index (χ4v) is 4.61. The summed E-state index contributed by atoms with van der Waals surface area (Å²) in [6.45, 7) is 0. The summed E-state index contributed by atoms with van der Waals surface area (Å²) in [6, 6.07) is 18.8. The van der Waals surface area contributed by atoms with Gasteiger partial charge in [-0.15, -0.1) is 0 Å². The normalized spacial score (nSPS) is 12.5. The highest BCUT2D eigenvalue weighted by Crippen LogP contribution is 2.31.